The average Bonchev–Trinajstić information content (AvgIpc) is 2.94. The molecule has 0 radical (unpaired) electrons. The maximum atomic E-state index is 12.2. The molecule has 0 bridgehead atoms. The van der Waals surface area contributed by atoms with Gasteiger partial charge in [-0.1, -0.05) is 6.92 Å². The summed E-state index contributed by atoms with van der Waals surface area (Å²) >= 11 is 0. The van der Waals surface area contributed by atoms with Crippen LogP contribution in [0.3, 0.4) is 0 Å². The summed E-state index contributed by atoms with van der Waals surface area (Å²) in [4.78, 5) is 12.2. The fourth-order valence-corrected chi connectivity index (χ4v) is 2.02. The zero-order valence-electron chi connectivity index (χ0n) is 12.8. The second-order valence-electron chi connectivity index (χ2n) is 5.21. The maximum absolute atomic E-state index is 12.2. The van der Waals surface area contributed by atoms with Crippen LogP contribution in [0.15, 0.2) is 36.5 Å². The molecule has 5 heteroatoms. The van der Waals surface area contributed by atoms with Crippen molar-refractivity contribution in [2.24, 2.45) is 0 Å². The van der Waals surface area contributed by atoms with E-state index < -0.39 is 0 Å². The molecule has 112 valence electrons. The number of carbonyl (C=O) groups excluding carboxylic acids is 1. The summed E-state index contributed by atoms with van der Waals surface area (Å²) in [7, 11) is 0. The Bertz CT molecular complexity index is 587. The molecule has 1 aromatic heterocycles. The lowest BCUT2D eigenvalue weighted by atomic mass is 10.2. The highest BCUT2D eigenvalue weighted by atomic mass is 16.1. The number of aromatic nitrogens is 2. The fourth-order valence-electron chi connectivity index (χ4n) is 2.02. The molecule has 0 spiro atoms. The fraction of sp³-hybridized carbons (Fsp3) is 0.375. The van der Waals surface area contributed by atoms with Gasteiger partial charge in [-0.2, -0.15) is 5.10 Å². The van der Waals surface area contributed by atoms with Gasteiger partial charge in [0.1, 0.15) is 5.82 Å². The molecule has 0 aliphatic heterocycles. The standard InChI is InChI=1S/C16H22N4O/c1-4-10-17-14-7-5-13(6-8-14)16(21)19-15-9-11-18-20(15)12(2)3/h5-9,11-12,17H,4,10H2,1-3H3,(H,19,21). The molecule has 2 N–H and O–H groups in total. The normalized spacial score (nSPS) is 10.7. The second-order valence-corrected chi connectivity index (χ2v) is 5.21. The van der Waals surface area contributed by atoms with Crippen LogP contribution in [0.4, 0.5) is 11.5 Å². The van der Waals surface area contributed by atoms with Crippen molar-refractivity contribution < 1.29 is 4.79 Å². The zero-order chi connectivity index (χ0) is 15.2. The minimum Gasteiger partial charge on any atom is -0.385 e. The molecule has 0 atom stereocenters. The summed E-state index contributed by atoms with van der Waals surface area (Å²) in [5.41, 5.74) is 1.66. The Kier molecular flexibility index (Phi) is 4.98. The number of nitrogens with zero attached hydrogens (tertiary/aromatic N) is 2. The van der Waals surface area contributed by atoms with Crippen molar-refractivity contribution in [3.8, 4) is 0 Å². The molecule has 1 aromatic carbocycles. The predicted octanol–water partition coefficient (Wildman–Crippen LogP) is 3.54. The number of nitrogens with one attached hydrogen (secondary N) is 2. The molecule has 0 aliphatic rings. The van der Waals surface area contributed by atoms with Crippen LogP contribution >= 0.6 is 0 Å². The van der Waals surface area contributed by atoms with Gasteiger partial charge in [0.15, 0.2) is 0 Å². The smallest absolute Gasteiger partial charge is 0.256 e. The van der Waals surface area contributed by atoms with Crippen LogP contribution < -0.4 is 10.6 Å². The van der Waals surface area contributed by atoms with E-state index in [1.165, 1.54) is 0 Å². The van der Waals surface area contributed by atoms with Gasteiger partial charge in [0, 0.05) is 29.9 Å². The van der Waals surface area contributed by atoms with Crippen LogP contribution in [0.2, 0.25) is 0 Å². The molecule has 0 aliphatic carbocycles. The third-order valence-electron chi connectivity index (χ3n) is 3.13. The average molecular weight is 286 g/mol. The van der Waals surface area contributed by atoms with E-state index in [0.717, 1.165) is 18.7 Å². The quantitative estimate of drug-likeness (QED) is 0.854. The second kappa shape index (κ2) is 6.92. The molecular formula is C16H22N4O. The summed E-state index contributed by atoms with van der Waals surface area (Å²) in [6.45, 7) is 7.10. The van der Waals surface area contributed by atoms with Crippen LogP contribution in [0.5, 0.6) is 0 Å². The summed E-state index contributed by atoms with van der Waals surface area (Å²) in [5.74, 6) is 0.586. The van der Waals surface area contributed by atoms with Crippen molar-refractivity contribution in [2.75, 3.05) is 17.2 Å². The minimum absolute atomic E-state index is 0.126. The molecule has 0 fully saturated rings. The van der Waals surface area contributed by atoms with Gasteiger partial charge in [0.2, 0.25) is 0 Å². The molecule has 21 heavy (non-hydrogen) atoms. The third kappa shape index (κ3) is 3.84. The lowest BCUT2D eigenvalue weighted by molar-refractivity contribution is 0.102. The number of anilines is 2. The predicted molar refractivity (Wildman–Crippen MR) is 85.8 cm³/mol. The topological polar surface area (TPSA) is 59.0 Å². The highest BCUT2D eigenvalue weighted by Gasteiger charge is 2.11. The number of hydrogen-bond donors (Lipinski definition) is 2. The van der Waals surface area contributed by atoms with Gasteiger partial charge in [0.25, 0.3) is 5.91 Å². The van der Waals surface area contributed by atoms with Crippen molar-refractivity contribution in [3.63, 3.8) is 0 Å². The SMILES string of the molecule is CCCNc1ccc(C(=O)Nc2ccnn2C(C)C)cc1. The van der Waals surface area contributed by atoms with E-state index in [2.05, 4.69) is 22.7 Å². The summed E-state index contributed by atoms with van der Waals surface area (Å²) in [6.07, 6.45) is 2.76. The Hall–Kier alpha value is -2.30. The first-order chi connectivity index (χ1) is 10.1. The number of carbonyl (C=O) groups is 1. The Morgan fingerprint density at radius 1 is 1.24 bits per heavy atom. The molecular weight excluding hydrogens is 264 g/mol. The first kappa shape index (κ1) is 15.1. The van der Waals surface area contributed by atoms with Crippen molar-refractivity contribution in [2.45, 2.75) is 33.2 Å². The molecule has 2 rings (SSSR count). The highest BCUT2D eigenvalue weighted by molar-refractivity contribution is 6.04. The summed E-state index contributed by atoms with van der Waals surface area (Å²) in [5, 5.41) is 10.4. The van der Waals surface area contributed by atoms with E-state index in [1.807, 2.05) is 38.1 Å². The first-order valence-corrected chi connectivity index (χ1v) is 7.30. The maximum Gasteiger partial charge on any atom is 0.256 e. The molecule has 2 aromatic rings. The molecule has 0 saturated heterocycles. The van der Waals surface area contributed by atoms with Gasteiger partial charge in [-0.05, 0) is 44.5 Å². The molecule has 1 heterocycles. The van der Waals surface area contributed by atoms with Gasteiger partial charge < -0.3 is 10.6 Å². The van der Waals surface area contributed by atoms with E-state index in [9.17, 15) is 4.79 Å². The highest BCUT2D eigenvalue weighted by Crippen LogP contribution is 2.15. The van der Waals surface area contributed by atoms with E-state index in [1.54, 1.807) is 16.9 Å². The van der Waals surface area contributed by atoms with E-state index in [4.69, 9.17) is 0 Å². The monoisotopic (exact) mass is 286 g/mol. The molecule has 0 saturated carbocycles. The minimum atomic E-state index is -0.126. The summed E-state index contributed by atoms with van der Waals surface area (Å²) < 4.78 is 1.79. The summed E-state index contributed by atoms with van der Waals surface area (Å²) in [6, 6.07) is 9.49. The van der Waals surface area contributed by atoms with Gasteiger partial charge in [0.05, 0.1) is 6.20 Å². The van der Waals surface area contributed by atoms with Crippen molar-refractivity contribution >= 4 is 17.4 Å². The van der Waals surface area contributed by atoms with Gasteiger partial charge >= 0.3 is 0 Å². The Balaban J connectivity index is 2.04. The van der Waals surface area contributed by atoms with Crippen molar-refractivity contribution in [1.82, 2.24) is 9.78 Å². The van der Waals surface area contributed by atoms with Crippen molar-refractivity contribution in [3.05, 3.63) is 42.1 Å². The van der Waals surface area contributed by atoms with Crippen LogP contribution in [-0.2, 0) is 0 Å². The number of amides is 1. The Morgan fingerprint density at radius 3 is 2.57 bits per heavy atom. The van der Waals surface area contributed by atoms with Gasteiger partial charge in [-0.3, -0.25) is 4.79 Å². The van der Waals surface area contributed by atoms with Crippen LogP contribution in [0, 0.1) is 0 Å². The third-order valence-corrected chi connectivity index (χ3v) is 3.13. The number of rotatable bonds is 6. The molecule has 0 unspecified atom stereocenters. The van der Waals surface area contributed by atoms with Crippen LogP contribution in [-0.4, -0.2) is 22.2 Å². The van der Waals surface area contributed by atoms with Gasteiger partial charge in [-0.25, -0.2) is 4.68 Å². The van der Waals surface area contributed by atoms with E-state index >= 15 is 0 Å². The van der Waals surface area contributed by atoms with Gasteiger partial charge in [-0.15, -0.1) is 0 Å². The number of benzene rings is 1. The van der Waals surface area contributed by atoms with Crippen LogP contribution in [0.1, 0.15) is 43.6 Å². The van der Waals surface area contributed by atoms with Crippen molar-refractivity contribution in [1.29, 1.82) is 0 Å². The van der Waals surface area contributed by atoms with E-state index in [-0.39, 0.29) is 11.9 Å². The zero-order valence-corrected chi connectivity index (χ0v) is 12.8. The Labute approximate surface area is 125 Å². The first-order valence-electron chi connectivity index (χ1n) is 7.30. The lowest BCUT2D eigenvalue weighted by Gasteiger charge is -2.12. The molecule has 5 nitrogen and oxygen atoms in total. The van der Waals surface area contributed by atoms with E-state index in [0.29, 0.717) is 11.4 Å². The molecule has 1 amide bonds. The lowest BCUT2D eigenvalue weighted by Crippen LogP contribution is -2.16. The Morgan fingerprint density at radius 2 is 1.95 bits per heavy atom. The number of hydrogen-bond acceptors (Lipinski definition) is 3. The van der Waals surface area contributed by atoms with Crippen LogP contribution in [0.25, 0.3) is 0 Å². The largest absolute Gasteiger partial charge is 0.385 e.